The predicted molar refractivity (Wildman–Crippen MR) is 91.8 cm³/mol. The van der Waals surface area contributed by atoms with Gasteiger partial charge >= 0.3 is 0 Å². The van der Waals surface area contributed by atoms with E-state index in [2.05, 4.69) is 24.3 Å². The van der Waals surface area contributed by atoms with Crippen molar-refractivity contribution < 1.29 is 9.53 Å². The van der Waals surface area contributed by atoms with Crippen molar-refractivity contribution in [1.29, 1.82) is 0 Å². The van der Waals surface area contributed by atoms with Gasteiger partial charge in [0.2, 0.25) is 0 Å². The maximum atomic E-state index is 12.8. The zero-order valence-corrected chi connectivity index (χ0v) is 15.0. The number of hydrogen-bond donors (Lipinski definition) is 1. The van der Waals surface area contributed by atoms with Gasteiger partial charge in [0.25, 0.3) is 5.91 Å². The van der Waals surface area contributed by atoms with Crippen LogP contribution < -0.4 is 5.32 Å². The summed E-state index contributed by atoms with van der Waals surface area (Å²) in [4.78, 5) is 12.8. The lowest BCUT2D eigenvalue weighted by molar-refractivity contribution is -0.0785. The number of carbonyl (C=O) groups excluding carboxylic acids is 1. The molecule has 1 aromatic rings. The molecule has 3 fully saturated rings. The molecule has 0 radical (unpaired) electrons. The fraction of sp³-hybridized carbons (Fsp3) is 0.789. The first-order valence-corrected chi connectivity index (χ1v) is 9.52. The van der Waals surface area contributed by atoms with E-state index in [9.17, 15) is 4.79 Å². The molecule has 1 N–H and O–H groups in total. The normalized spacial score (nSPS) is 32.8. The molecular weight excluding hydrogens is 302 g/mol. The van der Waals surface area contributed by atoms with E-state index in [0.717, 1.165) is 24.6 Å². The SMILES string of the molecule is CC(C)c1cc(C(=O)N[C@H]2[C@H]3CCO[C@H]3[C@H]2C2CCCC2)n(C)n1. The Bertz CT molecular complexity index is 613. The monoisotopic (exact) mass is 331 g/mol. The third-order valence-corrected chi connectivity index (χ3v) is 6.40. The highest BCUT2D eigenvalue weighted by atomic mass is 16.5. The number of amides is 1. The van der Waals surface area contributed by atoms with Crippen LogP contribution in [0.3, 0.4) is 0 Å². The summed E-state index contributed by atoms with van der Waals surface area (Å²) in [5.74, 6) is 2.11. The third-order valence-electron chi connectivity index (χ3n) is 6.40. The second-order valence-electron chi connectivity index (χ2n) is 8.14. The molecule has 2 saturated carbocycles. The zero-order chi connectivity index (χ0) is 16.8. The van der Waals surface area contributed by atoms with Gasteiger partial charge in [-0.05, 0) is 24.3 Å². The van der Waals surface area contributed by atoms with E-state index < -0.39 is 0 Å². The number of rotatable bonds is 4. The van der Waals surface area contributed by atoms with Crippen molar-refractivity contribution in [2.75, 3.05) is 6.61 Å². The summed E-state index contributed by atoms with van der Waals surface area (Å²) in [7, 11) is 1.86. The van der Waals surface area contributed by atoms with E-state index in [1.807, 2.05) is 13.1 Å². The molecule has 1 aliphatic heterocycles. The number of nitrogens with one attached hydrogen (secondary N) is 1. The van der Waals surface area contributed by atoms with Gasteiger partial charge in [-0.25, -0.2) is 0 Å². The maximum absolute atomic E-state index is 12.8. The molecule has 0 spiro atoms. The zero-order valence-electron chi connectivity index (χ0n) is 15.0. The van der Waals surface area contributed by atoms with E-state index in [0.29, 0.717) is 29.6 Å². The molecule has 3 aliphatic rings. The lowest BCUT2D eigenvalue weighted by Gasteiger charge is -2.50. The van der Waals surface area contributed by atoms with Gasteiger partial charge < -0.3 is 10.1 Å². The van der Waals surface area contributed by atoms with Crippen molar-refractivity contribution >= 4 is 5.91 Å². The largest absolute Gasteiger partial charge is 0.377 e. The topological polar surface area (TPSA) is 56.1 Å². The molecule has 2 aliphatic carbocycles. The van der Waals surface area contributed by atoms with Gasteiger partial charge in [-0.2, -0.15) is 5.10 Å². The van der Waals surface area contributed by atoms with Gasteiger partial charge in [0, 0.05) is 31.5 Å². The Labute approximate surface area is 144 Å². The van der Waals surface area contributed by atoms with Crippen LogP contribution in [0.1, 0.15) is 68.1 Å². The standard InChI is InChI=1S/C19H29N3O2/c1-11(2)14-10-15(22(3)21-14)19(23)20-17-13-8-9-24-18(13)16(17)12-6-4-5-7-12/h10-13,16-18H,4-9H2,1-3H3,(H,20,23)/t13-,16+,17+,18-/m1/s1. The fourth-order valence-corrected chi connectivity index (χ4v) is 5.07. The Balaban J connectivity index is 1.49. The van der Waals surface area contributed by atoms with Crippen LogP contribution in [0, 0.1) is 17.8 Å². The Kier molecular flexibility index (Phi) is 4.15. The molecule has 5 heteroatoms. The summed E-state index contributed by atoms with van der Waals surface area (Å²) in [6, 6.07) is 2.22. The molecule has 1 saturated heterocycles. The lowest BCUT2D eigenvalue weighted by Crippen LogP contribution is -2.63. The minimum absolute atomic E-state index is 0.0234. The summed E-state index contributed by atoms with van der Waals surface area (Å²) in [6.07, 6.45) is 6.73. The summed E-state index contributed by atoms with van der Waals surface area (Å²) < 4.78 is 7.70. The Morgan fingerprint density at radius 3 is 2.75 bits per heavy atom. The molecule has 5 nitrogen and oxygen atoms in total. The minimum Gasteiger partial charge on any atom is -0.377 e. The molecule has 0 bridgehead atoms. The molecule has 1 amide bonds. The average Bonchev–Trinajstić information content (AvgIpc) is 3.25. The Morgan fingerprint density at radius 1 is 1.33 bits per heavy atom. The van der Waals surface area contributed by atoms with Gasteiger partial charge in [0.05, 0.1) is 11.8 Å². The van der Waals surface area contributed by atoms with Crippen LogP contribution in [0.25, 0.3) is 0 Å². The van der Waals surface area contributed by atoms with Crippen molar-refractivity contribution in [2.45, 2.75) is 64.0 Å². The molecule has 1 aromatic heterocycles. The quantitative estimate of drug-likeness (QED) is 0.923. The van der Waals surface area contributed by atoms with Crippen LogP contribution in [-0.4, -0.2) is 34.4 Å². The number of fused-ring (bicyclic) bond motifs is 1. The number of aryl methyl sites for hydroxylation is 1. The lowest BCUT2D eigenvalue weighted by atomic mass is 9.61. The van der Waals surface area contributed by atoms with Crippen molar-refractivity contribution in [2.24, 2.45) is 24.8 Å². The van der Waals surface area contributed by atoms with Crippen molar-refractivity contribution in [3.8, 4) is 0 Å². The number of aromatic nitrogens is 2. The van der Waals surface area contributed by atoms with Crippen LogP contribution in [0.2, 0.25) is 0 Å². The Morgan fingerprint density at radius 2 is 2.08 bits per heavy atom. The third kappa shape index (κ3) is 2.57. The highest BCUT2D eigenvalue weighted by Gasteiger charge is 2.57. The van der Waals surface area contributed by atoms with Crippen LogP contribution in [0.5, 0.6) is 0 Å². The van der Waals surface area contributed by atoms with Crippen molar-refractivity contribution in [1.82, 2.24) is 15.1 Å². The van der Waals surface area contributed by atoms with Gasteiger partial charge in [-0.3, -0.25) is 9.48 Å². The van der Waals surface area contributed by atoms with E-state index in [1.54, 1.807) is 4.68 Å². The summed E-state index contributed by atoms with van der Waals surface area (Å²) in [5.41, 5.74) is 1.65. The summed E-state index contributed by atoms with van der Waals surface area (Å²) >= 11 is 0. The second-order valence-corrected chi connectivity index (χ2v) is 8.14. The van der Waals surface area contributed by atoms with E-state index in [-0.39, 0.29) is 11.9 Å². The molecule has 0 aromatic carbocycles. The van der Waals surface area contributed by atoms with Crippen LogP contribution >= 0.6 is 0 Å². The number of hydrogen-bond acceptors (Lipinski definition) is 3. The average molecular weight is 331 g/mol. The van der Waals surface area contributed by atoms with Crippen molar-refractivity contribution in [3.63, 3.8) is 0 Å². The first-order chi connectivity index (χ1) is 11.6. The minimum atomic E-state index is 0.0234. The Hall–Kier alpha value is -1.36. The van der Waals surface area contributed by atoms with Crippen molar-refractivity contribution in [3.05, 3.63) is 17.5 Å². The molecule has 2 heterocycles. The van der Waals surface area contributed by atoms with E-state index >= 15 is 0 Å². The van der Waals surface area contributed by atoms with E-state index in [1.165, 1.54) is 25.7 Å². The first-order valence-electron chi connectivity index (χ1n) is 9.52. The van der Waals surface area contributed by atoms with Crippen LogP contribution in [0.15, 0.2) is 6.07 Å². The number of nitrogens with zero attached hydrogens (tertiary/aromatic N) is 2. The number of carbonyl (C=O) groups is 1. The molecule has 132 valence electrons. The van der Waals surface area contributed by atoms with Gasteiger partial charge in [0.1, 0.15) is 5.69 Å². The van der Waals surface area contributed by atoms with Gasteiger partial charge in [-0.1, -0.05) is 39.5 Å². The summed E-state index contributed by atoms with van der Waals surface area (Å²) in [5, 5.41) is 7.82. The molecule has 4 rings (SSSR count). The molecule has 24 heavy (non-hydrogen) atoms. The highest BCUT2D eigenvalue weighted by Crippen LogP contribution is 2.51. The fourth-order valence-electron chi connectivity index (χ4n) is 5.07. The summed E-state index contributed by atoms with van der Waals surface area (Å²) in [6.45, 7) is 5.06. The first kappa shape index (κ1) is 16.1. The van der Waals surface area contributed by atoms with Crippen LogP contribution in [-0.2, 0) is 11.8 Å². The maximum Gasteiger partial charge on any atom is 0.269 e. The smallest absolute Gasteiger partial charge is 0.269 e. The predicted octanol–water partition coefficient (Wildman–Crippen LogP) is 2.87. The second kappa shape index (κ2) is 6.17. The molecular formula is C19H29N3O2. The highest BCUT2D eigenvalue weighted by molar-refractivity contribution is 5.93. The van der Waals surface area contributed by atoms with E-state index in [4.69, 9.17) is 4.74 Å². The molecule has 4 atom stereocenters. The van der Waals surface area contributed by atoms with Gasteiger partial charge in [0.15, 0.2) is 0 Å². The number of ether oxygens (including phenoxy) is 1. The van der Waals surface area contributed by atoms with Crippen LogP contribution in [0.4, 0.5) is 0 Å². The van der Waals surface area contributed by atoms with Gasteiger partial charge in [-0.15, -0.1) is 0 Å². The molecule has 0 unspecified atom stereocenters.